The van der Waals surface area contributed by atoms with Crippen LogP contribution in [-0.2, 0) is 0 Å². The summed E-state index contributed by atoms with van der Waals surface area (Å²) in [6.45, 7) is 3.95. The number of hydrogen-bond donors (Lipinski definition) is 0. The Morgan fingerprint density at radius 1 is 1.04 bits per heavy atom. The van der Waals surface area contributed by atoms with Crippen LogP contribution in [0.2, 0.25) is 10.0 Å². The van der Waals surface area contributed by atoms with Gasteiger partial charge < -0.3 is 4.57 Å². The molecule has 1 aromatic heterocycles. The van der Waals surface area contributed by atoms with Crippen molar-refractivity contribution >= 4 is 34.9 Å². The summed E-state index contributed by atoms with van der Waals surface area (Å²) in [5, 5.41) is 19.9. The first-order valence-corrected chi connectivity index (χ1v) is 8.97. The van der Waals surface area contributed by atoms with Crippen LogP contribution in [0.1, 0.15) is 28.1 Å². The lowest BCUT2D eigenvalue weighted by atomic mass is 10.0. The van der Waals surface area contributed by atoms with Crippen molar-refractivity contribution in [3.05, 3.63) is 86.7 Å². The van der Waals surface area contributed by atoms with Crippen LogP contribution in [0.4, 0.5) is 0 Å². The summed E-state index contributed by atoms with van der Waals surface area (Å²) in [5.41, 5.74) is 5.34. The molecule has 0 atom stereocenters. The van der Waals surface area contributed by atoms with Gasteiger partial charge in [-0.1, -0.05) is 35.3 Å². The van der Waals surface area contributed by atoms with Crippen LogP contribution < -0.4 is 0 Å². The lowest BCUT2D eigenvalue weighted by Crippen LogP contribution is -2.00. The first-order valence-electron chi connectivity index (χ1n) is 8.21. The highest BCUT2D eigenvalue weighted by Crippen LogP contribution is 2.30. The Morgan fingerprint density at radius 2 is 1.81 bits per heavy atom. The molecule has 0 spiro atoms. The number of hydrogen-bond acceptors (Lipinski definition) is 2. The van der Waals surface area contributed by atoms with Gasteiger partial charge in [0.1, 0.15) is 0 Å². The van der Waals surface area contributed by atoms with Crippen LogP contribution in [0, 0.1) is 36.5 Å². The zero-order valence-corrected chi connectivity index (χ0v) is 16.3. The van der Waals surface area contributed by atoms with Gasteiger partial charge in [-0.2, -0.15) is 10.5 Å². The van der Waals surface area contributed by atoms with Crippen molar-refractivity contribution in [3.63, 3.8) is 0 Å². The molecule has 0 fully saturated rings. The van der Waals surface area contributed by atoms with Crippen LogP contribution in [0.5, 0.6) is 0 Å². The van der Waals surface area contributed by atoms with Gasteiger partial charge in [-0.05, 0) is 67.4 Å². The molecule has 3 aromatic rings. The molecule has 0 amide bonds. The van der Waals surface area contributed by atoms with Gasteiger partial charge in [0.15, 0.2) is 0 Å². The number of nitrogens with zero attached hydrogens (tertiary/aromatic N) is 3. The molecule has 3 rings (SSSR count). The average molecular weight is 392 g/mol. The van der Waals surface area contributed by atoms with Crippen LogP contribution in [-0.4, -0.2) is 4.57 Å². The van der Waals surface area contributed by atoms with E-state index in [1.165, 1.54) is 0 Å². The standard InChI is InChI=1S/C22H15Cl2N3/c1-14-8-18(10-19(13-26)17-5-3-4-16(9-17)12-25)15(2)27(14)22-11-20(23)6-7-21(22)24/h3-11H,1-2H3/b19-10-. The molecule has 0 N–H and O–H groups in total. The van der Waals surface area contributed by atoms with Crippen molar-refractivity contribution in [2.75, 3.05) is 0 Å². The van der Waals surface area contributed by atoms with Crippen molar-refractivity contribution < 1.29 is 0 Å². The van der Waals surface area contributed by atoms with Crippen LogP contribution in [0.3, 0.4) is 0 Å². The maximum atomic E-state index is 9.62. The van der Waals surface area contributed by atoms with Gasteiger partial charge in [-0.25, -0.2) is 0 Å². The van der Waals surface area contributed by atoms with E-state index in [4.69, 9.17) is 28.5 Å². The largest absolute Gasteiger partial charge is 0.316 e. The third-order valence-electron chi connectivity index (χ3n) is 4.34. The lowest BCUT2D eigenvalue weighted by molar-refractivity contribution is 0.965. The molecule has 132 valence electrons. The normalized spacial score (nSPS) is 11.1. The summed E-state index contributed by atoms with van der Waals surface area (Å²) in [4.78, 5) is 0. The van der Waals surface area contributed by atoms with Crippen molar-refractivity contribution in [2.45, 2.75) is 13.8 Å². The van der Waals surface area contributed by atoms with E-state index in [-0.39, 0.29) is 0 Å². The molecule has 3 nitrogen and oxygen atoms in total. The molecule has 1 heterocycles. The van der Waals surface area contributed by atoms with Crippen LogP contribution in [0.15, 0.2) is 48.5 Å². The van der Waals surface area contributed by atoms with E-state index in [1.54, 1.807) is 30.3 Å². The summed E-state index contributed by atoms with van der Waals surface area (Å²) in [6, 6.07) is 18.7. The maximum absolute atomic E-state index is 9.62. The fraction of sp³-hybridized carbons (Fsp3) is 0.0909. The number of halogens is 2. The van der Waals surface area contributed by atoms with Crippen LogP contribution >= 0.6 is 23.2 Å². The highest BCUT2D eigenvalue weighted by molar-refractivity contribution is 6.34. The SMILES string of the molecule is Cc1cc(/C=C(/C#N)c2cccc(C#N)c2)c(C)n1-c1cc(Cl)ccc1Cl. The van der Waals surface area contributed by atoms with Crippen molar-refractivity contribution in [1.82, 2.24) is 4.57 Å². The van der Waals surface area contributed by atoms with E-state index in [0.29, 0.717) is 26.7 Å². The molecule has 5 heteroatoms. The zero-order chi connectivity index (χ0) is 19.6. The van der Waals surface area contributed by atoms with Gasteiger partial charge >= 0.3 is 0 Å². The van der Waals surface area contributed by atoms with E-state index < -0.39 is 0 Å². The summed E-state index contributed by atoms with van der Waals surface area (Å²) in [7, 11) is 0. The number of nitriles is 2. The second-order valence-corrected chi connectivity index (χ2v) is 6.96. The third-order valence-corrected chi connectivity index (χ3v) is 4.90. The van der Waals surface area contributed by atoms with Crippen molar-refractivity contribution in [3.8, 4) is 17.8 Å². The first-order chi connectivity index (χ1) is 12.9. The topological polar surface area (TPSA) is 52.5 Å². The number of aryl methyl sites for hydroxylation is 1. The fourth-order valence-electron chi connectivity index (χ4n) is 3.05. The van der Waals surface area contributed by atoms with E-state index >= 15 is 0 Å². The predicted octanol–water partition coefficient (Wildman–Crippen LogP) is 6.34. The smallest absolute Gasteiger partial charge is 0.0998 e. The van der Waals surface area contributed by atoms with Crippen LogP contribution in [0.25, 0.3) is 17.3 Å². The minimum atomic E-state index is 0.490. The predicted molar refractivity (Wildman–Crippen MR) is 110 cm³/mol. The molecule has 0 radical (unpaired) electrons. The second kappa shape index (κ2) is 7.72. The van der Waals surface area contributed by atoms with E-state index in [2.05, 4.69) is 12.1 Å². The Labute approximate surface area is 168 Å². The summed E-state index contributed by atoms with van der Waals surface area (Å²) in [6.07, 6.45) is 1.83. The monoisotopic (exact) mass is 391 g/mol. The summed E-state index contributed by atoms with van der Waals surface area (Å²) < 4.78 is 2.01. The maximum Gasteiger partial charge on any atom is 0.0998 e. The molecule has 0 saturated carbocycles. The number of rotatable bonds is 3. The minimum Gasteiger partial charge on any atom is -0.316 e. The van der Waals surface area contributed by atoms with Crippen molar-refractivity contribution in [2.24, 2.45) is 0 Å². The van der Waals surface area contributed by atoms with Gasteiger partial charge in [0.25, 0.3) is 0 Å². The number of allylic oxidation sites excluding steroid dienone is 1. The molecular formula is C22H15Cl2N3. The molecule has 0 saturated heterocycles. The summed E-state index contributed by atoms with van der Waals surface area (Å²) in [5.74, 6) is 0. The molecule has 0 aliphatic carbocycles. The number of benzene rings is 2. The average Bonchev–Trinajstić information content (AvgIpc) is 2.95. The van der Waals surface area contributed by atoms with Gasteiger partial charge in [-0.15, -0.1) is 0 Å². The zero-order valence-electron chi connectivity index (χ0n) is 14.8. The highest BCUT2D eigenvalue weighted by Gasteiger charge is 2.13. The van der Waals surface area contributed by atoms with Gasteiger partial charge in [0, 0.05) is 16.4 Å². The Kier molecular flexibility index (Phi) is 5.38. The van der Waals surface area contributed by atoms with E-state index in [9.17, 15) is 5.26 Å². The minimum absolute atomic E-state index is 0.490. The van der Waals surface area contributed by atoms with E-state index in [0.717, 1.165) is 22.6 Å². The lowest BCUT2D eigenvalue weighted by Gasteiger charge is -2.12. The van der Waals surface area contributed by atoms with Gasteiger partial charge in [0.05, 0.1) is 34.0 Å². The molecular weight excluding hydrogens is 377 g/mol. The molecule has 0 aliphatic rings. The quantitative estimate of drug-likeness (QED) is 0.489. The Bertz CT molecular complexity index is 1140. The first kappa shape index (κ1) is 18.8. The van der Waals surface area contributed by atoms with Gasteiger partial charge in [0.2, 0.25) is 0 Å². The Morgan fingerprint density at radius 3 is 2.52 bits per heavy atom. The summed E-state index contributed by atoms with van der Waals surface area (Å²) >= 11 is 12.5. The van der Waals surface area contributed by atoms with Crippen molar-refractivity contribution in [1.29, 1.82) is 10.5 Å². The third kappa shape index (κ3) is 3.76. The molecule has 2 aromatic carbocycles. The Hall–Kier alpha value is -2.98. The second-order valence-electron chi connectivity index (χ2n) is 6.12. The molecule has 0 aliphatic heterocycles. The molecule has 0 bridgehead atoms. The number of aromatic nitrogens is 1. The van der Waals surface area contributed by atoms with Gasteiger partial charge in [-0.3, -0.25) is 0 Å². The highest BCUT2D eigenvalue weighted by atomic mass is 35.5. The molecule has 0 unspecified atom stereocenters. The molecule has 27 heavy (non-hydrogen) atoms. The van der Waals surface area contributed by atoms with E-state index in [1.807, 2.05) is 42.7 Å². The Balaban J connectivity index is 2.13. The fourth-order valence-corrected chi connectivity index (χ4v) is 3.42.